The predicted molar refractivity (Wildman–Crippen MR) is 74.0 cm³/mol. The highest BCUT2D eigenvalue weighted by atomic mass is 16.8. The Morgan fingerprint density at radius 3 is 2.65 bits per heavy atom. The fraction of sp³-hybridized carbons (Fsp3) is 0.500. The molecule has 108 valence electrons. The summed E-state index contributed by atoms with van der Waals surface area (Å²) in [6.07, 6.45) is -1.77. The molecule has 1 saturated heterocycles. The Morgan fingerprint density at radius 2 is 1.95 bits per heavy atom. The normalized spacial score (nSPS) is 35.2. The third kappa shape index (κ3) is 2.40. The van der Waals surface area contributed by atoms with Gasteiger partial charge in [0.05, 0.1) is 6.61 Å². The van der Waals surface area contributed by atoms with Gasteiger partial charge < -0.3 is 19.3 Å². The highest BCUT2D eigenvalue weighted by molar-refractivity contribution is 5.25. The van der Waals surface area contributed by atoms with Crippen molar-refractivity contribution in [1.82, 2.24) is 0 Å². The topological polar surface area (TPSA) is 47.9 Å². The van der Waals surface area contributed by atoms with E-state index in [-0.39, 0.29) is 12.2 Å². The molecule has 4 nitrogen and oxygen atoms in total. The average molecular weight is 276 g/mol. The Kier molecular flexibility index (Phi) is 3.42. The molecule has 4 atom stereocenters. The number of aliphatic hydroxyl groups is 1. The molecule has 2 fully saturated rings. The van der Waals surface area contributed by atoms with E-state index in [9.17, 15) is 5.11 Å². The second-order valence-corrected chi connectivity index (χ2v) is 5.80. The van der Waals surface area contributed by atoms with Gasteiger partial charge in [0.2, 0.25) is 0 Å². The van der Waals surface area contributed by atoms with E-state index >= 15 is 0 Å². The average Bonchev–Trinajstić information content (AvgIpc) is 2.84. The van der Waals surface area contributed by atoms with Crippen molar-refractivity contribution in [2.45, 2.75) is 50.7 Å². The standard InChI is InChI=1S/C16H20O4/c1-10-12(17)14(15-13(10)19-16(2,3)20-15)18-9-11-7-5-4-6-8-11/h4-8,12-15,17H,1,9H2,2-3H3/t12-,13+,14+,15+/m1/s1. The largest absolute Gasteiger partial charge is 0.386 e. The molecule has 1 aliphatic carbocycles. The lowest BCUT2D eigenvalue weighted by Gasteiger charge is -2.24. The smallest absolute Gasteiger partial charge is 0.164 e. The summed E-state index contributed by atoms with van der Waals surface area (Å²) in [6, 6.07) is 9.86. The van der Waals surface area contributed by atoms with Crippen LogP contribution in [0.3, 0.4) is 0 Å². The number of fused-ring (bicyclic) bond motifs is 1. The van der Waals surface area contributed by atoms with Crippen LogP contribution in [0.4, 0.5) is 0 Å². The summed E-state index contributed by atoms with van der Waals surface area (Å²) >= 11 is 0. The molecule has 20 heavy (non-hydrogen) atoms. The fourth-order valence-corrected chi connectivity index (χ4v) is 2.83. The summed E-state index contributed by atoms with van der Waals surface area (Å²) in [7, 11) is 0. The molecule has 4 heteroatoms. The lowest BCUT2D eigenvalue weighted by molar-refractivity contribution is -0.174. The zero-order valence-electron chi connectivity index (χ0n) is 11.8. The molecular formula is C16H20O4. The number of ether oxygens (including phenoxy) is 3. The summed E-state index contributed by atoms with van der Waals surface area (Å²) in [5, 5.41) is 10.2. The van der Waals surface area contributed by atoms with Crippen molar-refractivity contribution < 1.29 is 19.3 Å². The summed E-state index contributed by atoms with van der Waals surface area (Å²) in [6.45, 7) is 8.07. The maximum Gasteiger partial charge on any atom is 0.164 e. The van der Waals surface area contributed by atoms with Gasteiger partial charge in [-0.25, -0.2) is 0 Å². The van der Waals surface area contributed by atoms with Gasteiger partial charge in [0, 0.05) is 0 Å². The van der Waals surface area contributed by atoms with E-state index in [1.54, 1.807) is 0 Å². The Morgan fingerprint density at radius 1 is 1.25 bits per heavy atom. The lowest BCUT2D eigenvalue weighted by Crippen LogP contribution is -2.36. The third-order valence-corrected chi connectivity index (χ3v) is 3.79. The van der Waals surface area contributed by atoms with Gasteiger partial charge in [-0.2, -0.15) is 0 Å². The van der Waals surface area contributed by atoms with Crippen molar-refractivity contribution in [2.24, 2.45) is 0 Å². The van der Waals surface area contributed by atoms with Gasteiger partial charge >= 0.3 is 0 Å². The molecule has 1 aromatic rings. The summed E-state index contributed by atoms with van der Waals surface area (Å²) in [5.41, 5.74) is 1.70. The zero-order chi connectivity index (χ0) is 14.3. The summed E-state index contributed by atoms with van der Waals surface area (Å²) < 4.78 is 17.5. The van der Waals surface area contributed by atoms with Crippen LogP contribution in [0.5, 0.6) is 0 Å². The van der Waals surface area contributed by atoms with Crippen molar-refractivity contribution in [3.63, 3.8) is 0 Å². The van der Waals surface area contributed by atoms with Gasteiger partial charge in [0.15, 0.2) is 5.79 Å². The quantitative estimate of drug-likeness (QED) is 0.858. The van der Waals surface area contributed by atoms with Crippen LogP contribution in [0, 0.1) is 0 Å². The van der Waals surface area contributed by atoms with E-state index in [1.807, 2.05) is 44.2 Å². The SMILES string of the molecule is C=C1[C@@H](O)[C@H](OCc2ccccc2)[C@H]2OC(C)(C)O[C@@H]12. The van der Waals surface area contributed by atoms with Crippen molar-refractivity contribution >= 4 is 0 Å². The maximum absolute atomic E-state index is 10.2. The number of hydrogen-bond acceptors (Lipinski definition) is 4. The molecule has 0 aromatic heterocycles. The lowest BCUT2D eigenvalue weighted by atomic mass is 10.2. The van der Waals surface area contributed by atoms with E-state index < -0.39 is 18.0 Å². The van der Waals surface area contributed by atoms with Gasteiger partial charge in [0.25, 0.3) is 0 Å². The highest BCUT2D eigenvalue weighted by Crippen LogP contribution is 2.42. The minimum absolute atomic E-state index is 0.291. The van der Waals surface area contributed by atoms with Gasteiger partial charge in [-0.1, -0.05) is 36.9 Å². The van der Waals surface area contributed by atoms with Gasteiger partial charge in [-0.05, 0) is 25.0 Å². The Labute approximate surface area is 119 Å². The van der Waals surface area contributed by atoms with Crippen LogP contribution in [0.1, 0.15) is 19.4 Å². The van der Waals surface area contributed by atoms with E-state index in [2.05, 4.69) is 6.58 Å². The van der Waals surface area contributed by atoms with Crippen molar-refractivity contribution in [1.29, 1.82) is 0 Å². The molecule has 0 spiro atoms. The monoisotopic (exact) mass is 276 g/mol. The zero-order valence-corrected chi connectivity index (χ0v) is 11.8. The first kappa shape index (κ1) is 13.8. The third-order valence-electron chi connectivity index (χ3n) is 3.79. The molecular weight excluding hydrogens is 256 g/mol. The van der Waals surface area contributed by atoms with Crippen LogP contribution in [0.2, 0.25) is 0 Å². The van der Waals surface area contributed by atoms with Crippen LogP contribution in [-0.4, -0.2) is 35.3 Å². The minimum atomic E-state index is -0.746. The number of aliphatic hydroxyl groups excluding tert-OH is 1. The number of hydrogen-bond donors (Lipinski definition) is 1. The van der Waals surface area contributed by atoms with E-state index in [0.29, 0.717) is 12.2 Å². The molecule has 2 aliphatic rings. The molecule has 1 heterocycles. The predicted octanol–water partition coefficient (Wildman–Crippen LogP) is 2.02. The Bertz CT molecular complexity index is 496. The summed E-state index contributed by atoms with van der Waals surface area (Å²) in [4.78, 5) is 0. The second-order valence-electron chi connectivity index (χ2n) is 5.80. The second kappa shape index (κ2) is 4.97. The van der Waals surface area contributed by atoms with Crippen LogP contribution in [0.25, 0.3) is 0 Å². The van der Waals surface area contributed by atoms with E-state index in [1.165, 1.54) is 0 Å². The molecule has 1 saturated carbocycles. The van der Waals surface area contributed by atoms with Gasteiger partial charge in [-0.3, -0.25) is 0 Å². The van der Waals surface area contributed by atoms with Gasteiger partial charge in [0.1, 0.15) is 24.4 Å². The van der Waals surface area contributed by atoms with Crippen LogP contribution < -0.4 is 0 Å². The first-order valence-corrected chi connectivity index (χ1v) is 6.86. The first-order valence-electron chi connectivity index (χ1n) is 6.86. The molecule has 0 unspecified atom stereocenters. The van der Waals surface area contributed by atoms with Crippen molar-refractivity contribution in [3.05, 3.63) is 48.0 Å². The maximum atomic E-state index is 10.2. The van der Waals surface area contributed by atoms with E-state index in [0.717, 1.165) is 5.56 Å². The number of benzene rings is 1. The fourth-order valence-electron chi connectivity index (χ4n) is 2.83. The molecule has 1 N–H and O–H groups in total. The number of rotatable bonds is 3. The van der Waals surface area contributed by atoms with Crippen molar-refractivity contribution in [2.75, 3.05) is 0 Å². The summed E-state index contributed by atoms with van der Waals surface area (Å²) in [5.74, 6) is -0.660. The van der Waals surface area contributed by atoms with Crippen LogP contribution >= 0.6 is 0 Å². The molecule has 1 aliphatic heterocycles. The first-order chi connectivity index (χ1) is 9.48. The van der Waals surface area contributed by atoms with Crippen LogP contribution in [-0.2, 0) is 20.8 Å². The van der Waals surface area contributed by atoms with Crippen LogP contribution in [0.15, 0.2) is 42.5 Å². The minimum Gasteiger partial charge on any atom is -0.386 e. The Balaban J connectivity index is 1.71. The molecule has 0 radical (unpaired) electrons. The molecule has 3 rings (SSSR count). The molecule has 0 bridgehead atoms. The highest BCUT2D eigenvalue weighted by Gasteiger charge is 2.55. The molecule has 1 aromatic carbocycles. The Hall–Kier alpha value is -1.20. The molecule has 0 amide bonds. The van der Waals surface area contributed by atoms with E-state index in [4.69, 9.17) is 14.2 Å². The van der Waals surface area contributed by atoms with Gasteiger partial charge in [-0.15, -0.1) is 0 Å². The van der Waals surface area contributed by atoms with Crippen molar-refractivity contribution in [3.8, 4) is 0 Å².